The van der Waals surface area contributed by atoms with Crippen LogP contribution in [0.1, 0.15) is 22.3 Å². The Morgan fingerprint density at radius 1 is 0.628 bits per heavy atom. The molecule has 1 aliphatic carbocycles. The van der Waals surface area contributed by atoms with Gasteiger partial charge >= 0.3 is 110 Å². The van der Waals surface area contributed by atoms with Gasteiger partial charge in [0, 0.05) is 0 Å². The number of fused-ring (bicyclic) bond motifs is 8. The molecule has 0 aliphatic heterocycles. The molecule has 7 aromatic rings. The summed E-state index contributed by atoms with van der Waals surface area (Å²) in [6, 6.07) is 55.8. The zero-order valence-electron chi connectivity index (χ0n) is 23.3. The van der Waals surface area contributed by atoms with E-state index < -0.39 is 0 Å². The van der Waals surface area contributed by atoms with Gasteiger partial charge in [-0.05, 0) is 28.5 Å². The number of rotatable bonds is 2. The summed E-state index contributed by atoms with van der Waals surface area (Å²) in [5.74, 6) is 0. The Hall–Kier alpha value is -3.19. The summed E-state index contributed by atoms with van der Waals surface area (Å²) in [4.78, 5) is 0. The molecule has 0 amide bonds. The molecule has 0 aromatic heterocycles. The predicted molar refractivity (Wildman–Crippen MR) is 172 cm³/mol. The van der Waals surface area contributed by atoms with Crippen molar-refractivity contribution in [2.45, 2.75) is 6.42 Å². The van der Waals surface area contributed by atoms with Gasteiger partial charge in [-0.25, -0.2) is 12.1 Å². The fraction of sp³-hybridized carbons (Fsp3) is 0.0256. The van der Waals surface area contributed by atoms with Crippen LogP contribution in [0.2, 0.25) is 5.02 Å². The first-order chi connectivity index (χ1) is 20.2. The molecule has 0 saturated carbocycles. The van der Waals surface area contributed by atoms with Gasteiger partial charge in [0.25, 0.3) is 0 Å². The van der Waals surface area contributed by atoms with Crippen molar-refractivity contribution >= 4 is 36.4 Å². The molecule has 0 nitrogen and oxygen atoms in total. The summed E-state index contributed by atoms with van der Waals surface area (Å²) in [6.45, 7) is 0. The van der Waals surface area contributed by atoms with Crippen LogP contribution < -0.4 is 24.8 Å². The third kappa shape index (κ3) is 7.31. The normalized spacial score (nSPS) is 10.6. The first kappa shape index (κ1) is 32.7. The Morgan fingerprint density at radius 2 is 1.23 bits per heavy atom. The maximum Gasteiger partial charge on any atom is -0.0240 e. The molecular formula is C39H27Cl3Zr-2. The molecule has 7 aromatic carbocycles. The molecular weight excluding hydrogens is 666 g/mol. The summed E-state index contributed by atoms with van der Waals surface area (Å²) >= 11 is 7.28. The molecule has 1 aliphatic rings. The van der Waals surface area contributed by atoms with Crippen LogP contribution in [0, 0.1) is 6.07 Å². The average Bonchev–Trinajstić information content (AvgIpc) is 3.75. The second-order valence-electron chi connectivity index (χ2n) is 9.90. The van der Waals surface area contributed by atoms with Crippen LogP contribution >= 0.6 is 11.6 Å². The van der Waals surface area contributed by atoms with Gasteiger partial charge in [0.2, 0.25) is 0 Å². The summed E-state index contributed by atoms with van der Waals surface area (Å²) in [5, 5.41) is 6.09. The van der Waals surface area contributed by atoms with Gasteiger partial charge in [-0.3, -0.25) is 0 Å². The van der Waals surface area contributed by atoms with Gasteiger partial charge in [-0.15, -0.1) is 40.6 Å². The van der Waals surface area contributed by atoms with Crippen LogP contribution in [0.25, 0.3) is 32.7 Å². The molecule has 0 fully saturated rings. The van der Waals surface area contributed by atoms with E-state index >= 15 is 0 Å². The minimum Gasteiger partial charge on any atom is -1.00 e. The predicted octanol–water partition coefficient (Wildman–Crippen LogP) is 4.23. The van der Waals surface area contributed by atoms with Gasteiger partial charge in [-0.2, -0.15) is 18.2 Å². The van der Waals surface area contributed by atoms with Crippen molar-refractivity contribution in [3.63, 3.8) is 0 Å². The minimum absolute atomic E-state index is 0. The second-order valence-corrected chi connectivity index (χ2v) is 11.6. The summed E-state index contributed by atoms with van der Waals surface area (Å²) < 4.78 is 1.36. The van der Waals surface area contributed by atoms with Crippen molar-refractivity contribution in [2.75, 3.05) is 0 Å². The zero-order valence-corrected chi connectivity index (χ0v) is 28.0. The Kier molecular flexibility index (Phi) is 11.8. The van der Waals surface area contributed by atoms with Gasteiger partial charge < -0.3 is 24.8 Å². The average molecular weight is 693 g/mol. The van der Waals surface area contributed by atoms with Gasteiger partial charge in [-0.1, -0.05) is 53.9 Å². The molecule has 210 valence electrons. The largest absolute Gasteiger partial charge is 1.00 e. The van der Waals surface area contributed by atoms with E-state index in [2.05, 4.69) is 103 Å². The number of benzene rings is 6. The van der Waals surface area contributed by atoms with Gasteiger partial charge in [0.15, 0.2) is 0 Å². The Bertz CT molecular complexity index is 1910. The van der Waals surface area contributed by atoms with Crippen molar-refractivity contribution < 1.29 is 49.0 Å². The second kappa shape index (κ2) is 15.5. The molecule has 0 heterocycles. The minimum atomic E-state index is 0. The van der Waals surface area contributed by atoms with Crippen molar-refractivity contribution in [3.8, 4) is 11.1 Å². The van der Waals surface area contributed by atoms with Crippen LogP contribution in [0.15, 0.2) is 152 Å². The molecule has 4 heteroatoms. The molecule has 43 heavy (non-hydrogen) atoms. The first-order valence-electron chi connectivity index (χ1n) is 13.7. The Morgan fingerprint density at radius 3 is 1.93 bits per heavy atom. The smallest absolute Gasteiger partial charge is 0.0240 e. The van der Waals surface area contributed by atoms with E-state index in [0.29, 0.717) is 0 Å². The van der Waals surface area contributed by atoms with Crippen LogP contribution in [0.4, 0.5) is 0 Å². The van der Waals surface area contributed by atoms with E-state index in [-0.39, 0.29) is 24.8 Å². The maximum atomic E-state index is 5.86. The van der Waals surface area contributed by atoms with Crippen LogP contribution in [-0.4, -0.2) is 3.21 Å². The van der Waals surface area contributed by atoms with Gasteiger partial charge in [0.1, 0.15) is 0 Å². The summed E-state index contributed by atoms with van der Waals surface area (Å²) in [7, 11) is 0. The number of hydrogen-bond acceptors (Lipinski definition) is 0. The Balaban J connectivity index is 0.000000169. The van der Waals surface area contributed by atoms with E-state index in [0.717, 1.165) is 11.4 Å². The fourth-order valence-corrected chi connectivity index (χ4v) is 6.38. The molecule has 0 radical (unpaired) electrons. The zero-order chi connectivity index (χ0) is 28.0. The van der Waals surface area contributed by atoms with Crippen LogP contribution in [0.5, 0.6) is 0 Å². The molecule has 0 bridgehead atoms. The quantitative estimate of drug-likeness (QED) is 0.188. The number of hydrogen-bond donors (Lipinski definition) is 0. The van der Waals surface area contributed by atoms with E-state index in [1.807, 2.05) is 54.6 Å². The van der Waals surface area contributed by atoms with Crippen molar-refractivity contribution in [3.05, 3.63) is 185 Å². The molecule has 0 N–H and O–H groups in total. The Labute approximate surface area is 285 Å². The van der Waals surface area contributed by atoms with Gasteiger partial charge in [0.05, 0.1) is 0 Å². The van der Waals surface area contributed by atoms with E-state index in [9.17, 15) is 0 Å². The summed E-state index contributed by atoms with van der Waals surface area (Å²) in [6.07, 6.45) is 1.02. The molecule has 0 spiro atoms. The fourth-order valence-electron chi connectivity index (χ4n) is 5.44. The third-order valence-corrected chi connectivity index (χ3v) is 9.02. The third-order valence-electron chi connectivity index (χ3n) is 7.35. The van der Waals surface area contributed by atoms with Crippen molar-refractivity contribution in [1.82, 2.24) is 0 Å². The molecule has 0 saturated heterocycles. The molecule has 0 atom stereocenters. The molecule has 0 unspecified atom stereocenters. The standard InChI is InChI=1S/C21H13.C13H9Cl.C5H5.2ClH.Zr/c1-2-8-15-14(7-1)13-20-18-11-4-3-9-16(18)17-10-5-6-12-19(17)21(15)20;14-13-8-6-12(7-9-13)10-11-4-2-1-3-5-11;1-2-4-5-3-1;;;/h1-10,12H,13H2;1-9H;1-5H;2*1H;/q-1;;-1;;;+2/p-2. The summed E-state index contributed by atoms with van der Waals surface area (Å²) in [5.41, 5.74) is 8.22. The topological polar surface area (TPSA) is 0 Å². The van der Waals surface area contributed by atoms with E-state index in [1.165, 1.54) is 82.4 Å². The number of halogens is 3. The molecule has 8 rings (SSSR count). The van der Waals surface area contributed by atoms with E-state index in [1.54, 1.807) is 0 Å². The van der Waals surface area contributed by atoms with Crippen LogP contribution in [0.3, 0.4) is 0 Å². The van der Waals surface area contributed by atoms with E-state index in [4.69, 9.17) is 11.6 Å². The maximum absolute atomic E-state index is 5.86. The SMILES string of the molecule is Clc1ccc([C](=[Zr+2])c2ccccc2)cc1.[Cl-].[Cl-].[c-]1cccc2c1c1c(c3ccccc32)-c2ccccc2C1.c1cc[cH-]c1. The monoisotopic (exact) mass is 690 g/mol. The van der Waals surface area contributed by atoms with Crippen LogP contribution in [-0.2, 0) is 30.7 Å². The van der Waals surface area contributed by atoms with Crippen molar-refractivity contribution in [2.24, 2.45) is 0 Å². The van der Waals surface area contributed by atoms with Crippen molar-refractivity contribution in [1.29, 1.82) is 0 Å². The first-order valence-corrected chi connectivity index (χ1v) is 15.3.